The summed E-state index contributed by atoms with van der Waals surface area (Å²) in [5, 5.41) is 3.40. The van der Waals surface area contributed by atoms with Crippen molar-refractivity contribution < 1.29 is 0 Å². The van der Waals surface area contributed by atoms with Crippen molar-refractivity contribution in [3.05, 3.63) is 41.5 Å². The molecule has 106 valence electrons. The Labute approximate surface area is 121 Å². The molecule has 0 radical (unpaired) electrons. The van der Waals surface area contributed by atoms with E-state index < -0.39 is 0 Å². The van der Waals surface area contributed by atoms with Crippen molar-refractivity contribution in [1.82, 2.24) is 5.32 Å². The summed E-state index contributed by atoms with van der Waals surface area (Å²) < 4.78 is 0. The fourth-order valence-corrected chi connectivity index (χ4v) is 3.02. The summed E-state index contributed by atoms with van der Waals surface area (Å²) in [6.07, 6.45) is 7.04. The van der Waals surface area contributed by atoms with E-state index in [9.17, 15) is 0 Å². The average molecular weight is 269 g/mol. The molecule has 1 atom stereocenters. The fourth-order valence-electron chi connectivity index (χ4n) is 3.02. The highest BCUT2D eigenvalue weighted by atomic mass is 15.2. The summed E-state index contributed by atoms with van der Waals surface area (Å²) in [5.41, 5.74) is 4.08. The van der Waals surface area contributed by atoms with E-state index in [1.165, 1.54) is 29.7 Å². The number of aliphatic imine (C=N–C) groups is 1. The van der Waals surface area contributed by atoms with Crippen molar-refractivity contribution in [2.45, 2.75) is 32.7 Å². The fraction of sp³-hybridized carbons (Fsp3) is 0.471. The SMILES string of the molecule is Cc1cccc(N(CC2=NCCN2)C2C=CCC2)c1C. The zero-order valence-electron chi connectivity index (χ0n) is 12.4. The third-order valence-corrected chi connectivity index (χ3v) is 4.34. The number of allylic oxidation sites excluding steroid dienone is 1. The molecule has 1 N–H and O–H groups in total. The van der Waals surface area contributed by atoms with Crippen LogP contribution >= 0.6 is 0 Å². The van der Waals surface area contributed by atoms with Gasteiger partial charge >= 0.3 is 0 Å². The van der Waals surface area contributed by atoms with Crippen LogP contribution in [-0.4, -0.2) is 31.5 Å². The molecule has 1 aromatic rings. The summed E-state index contributed by atoms with van der Waals surface area (Å²) in [5.74, 6) is 1.13. The average Bonchev–Trinajstić information content (AvgIpc) is 3.11. The molecule has 0 saturated heterocycles. The van der Waals surface area contributed by atoms with Crippen LogP contribution in [0.4, 0.5) is 5.69 Å². The molecule has 0 amide bonds. The third kappa shape index (κ3) is 2.58. The Morgan fingerprint density at radius 2 is 2.25 bits per heavy atom. The smallest absolute Gasteiger partial charge is 0.116 e. The maximum absolute atomic E-state index is 4.56. The molecule has 1 unspecified atom stereocenters. The van der Waals surface area contributed by atoms with Crippen LogP contribution in [0.15, 0.2) is 35.3 Å². The molecule has 0 bridgehead atoms. The van der Waals surface area contributed by atoms with Gasteiger partial charge in [-0.3, -0.25) is 4.99 Å². The first-order valence-corrected chi connectivity index (χ1v) is 7.52. The van der Waals surface area contributed by atoms with E-state index in [4.69, 9.17) is 0 Å². The number of nitrogens with zero attached hydrogens (tertiary/aromatic N) is 2. The monoisotopic (exact) mass is 269 g/mol. The predicted octanol–water partition coefficient (Wildman–Crippen LogP) is 2.83. The van der Waals surface area contributed by atoms with Crippen molar-refractivity contribution in [2.75, 3.05) is 24.5 Å². The molecule has 1 heterocycles. The van der Waals surface area contributed by atoms with Crippen LogP contribution in [0.1, 0.15) is 24.0 Å². The lowest BCUT2D eigenvalue weighted by molar-refractivity contribution is 0.701. The molecule has 20 heavy (non-hydrogen) atoms. The second kappa shape index (κ2) is 5.70. The minimum absolute atomic E-state index is 0.501. The van der Waals surface area contributed by atoms with Gasteiger partial charge in [0.15, 0.2) is 0 Å². The largest absolute Gasteiger partial charge is 0.370 e. The molecule has 3 rings (SSSR count). The zero-order chi connectivity index (χ0) is 13.9. The summed E-state index contributed by atoms with van der Waals surface area (Å²) in [6, 6.07) is 7.09. The van der Waals surface area contributed by atoms with Gasteiger partial charge in [-0.25, -0.2) is 0 Å². The Morgan fingerprint density at radius 1 is 1.35 bits per heavy atom. The number of anilines is 1. The molecule has 3 heteroatoms. The number of rotatable bonds is 4. The maximum atomic E-state index is 4.56. The molecule has 2 aliphatic rings. The molecular formula is C17H23N3. The van der Waals surface area contributed by atoms with Gasteiger partial charge in [0.1, 0.15) is 5.84 Å². The first-order chi connectivity index (χ1) is 9.75. The van der Waals surface area contributed by atoms with Crippen LogP contribution < -0.4 is 10.2 Å². The standard InChI is InChI=1S/C17H23N3/c1-13-6-5-9-16(14(13)2)20(15-7-3-4-8-15)12-17-18-10-11-19-17/h3,5-7,9,15H,4,8,10-12H2,1-2H3,(H,18,19). The lowest BCUT2D eigenvalue weighted by Crippen LogP contribution is -2.41. The second-order valence-corrected chi connectivity index (χ2v) is 5.67. The van der Waals surface area contributed by atoms with Gasteiger partial charge in [0.05, 0.1) is 13.1 Å². The Morgan fingerprint density at radius 3 is 2.95 bits per heavy atom. The highest BCUT2D eigenvalue weighted by molar-refractivity contribution is 5.88. The van der Waals surface area contributed by atoms with Crippen molar-refractivity contribution in [1.29, 1.82) is 0 Å². The summed E-state index contributed by atoms with van der Waals surface area (Å²) >= 11 is 0. The van der Waals surface area contributed by atoms with E-state index in [0.29, 0.717) is 6.04 Å². The lowest BCUT2D eigenvalue weighted by Gasteiger charge is -2.32. The van der Waals surface area contributed by atoms with Gasteiger partial charge in [-0.05, 0) is 43.9 Å². The van der Waals surface area contributed by atoms with Crippen LogP contribution in [-0.2, 0) is 0 Å². The molecule has 0 spiro atoms. The maximum Gasteiger partial charge on any atom is 0.116 e. The van der Waals surface area contributed by atoms with E-state index in [1.54, 1.807) is 0 Å². The molecule has 0 aromatic heterocycles. The van der Waals surface area contributed by atoms with Gasteiger partial charge in [0.2, 0.25) is 0 Å². The normalized spacial score (nSPS) is 20.9. The van der Waals surface area contributed by atoms with Crippen molar-refractivity contribution in [2.24, 2.45) is 4.99 Å². The zero-order valence-corrected chi connectivity index (χ0v) is 12.4. The second-order valence-electron chi connectivity index (χ2n) is 5.67. The van der Waals surface area contributed by atoms with Crippen LogP contribution in [0.5, 0.6) is 0 Å². The first kappa shape index (κ1) is 13.2. The van der Waals surface area contributed by atoms with Crippen LogP contribution in [0.25, 0.3) is 0 Å². The van der Waals surface area contributed by atoms with Gasteiger partial charge in [-0.15, -0.1) is 0 Å². The van der Waals surface area contributed by atoms with E-state index in [0.717, 1.165) is 25.5 Å². The van der Waals surface area contributed by atoms with Crippen LogP contribution in [0.3, 0.4) is 0 Å². The topological polar surface area (TPSA) is 27.6 Å². The van der Waals surface area contributed by atoms with Crippen molar-refractivity contribution in [3.8, 4) is 0 Å². The van der Waals surface area contributed by atoms with Crippen LogP contribution in [0.2, 0.25) is 0 Å². The minimum Gasteiger partial charge on any atom is -0.370 e. The molecular weight excluding hydrogens is 246 g/mol. The number of hydrogen-bond donors (Lipinski definition) is 1. The van der Waals surface area contributed by atoms with Gasteiger partial charge in [-0.2, -0.15) is 0 Å². The number of aryl methyl sites for hydroxylation is 1. The van der Waals surface area contributed by atoms with E-state index in [-0.39, 0.29) is 0 Å². The van der Waals surface area contributed by atoms with E-state index in [1.807, 2.05) is 0 Å². The van der Waals surface area contributed by atoms with Gasteiger partial charge in [0.25, 0.3) is 0 Å². The number of benzene rings is 1. The summed E-state index contributed by atoms with van der Waals surface area (Å²) in [6.45, 7) is 7.19. The third-order valence-electron chi connectivity index (χ3n) is 4.34. The number of hydrogen-bond acceptors (Lipinski definition) is 3. The van der Waals surface area contributed by atoms with Crippen LogP contribution in [0, 0.1) is 13.8 Å². The number of nitrogens with one attached hydrogen (secondary N) is 1. The Balaban J connectivity index is 1.91. The predicted molar refractivity (Wildman–Crippen MR) is 85.7 cm³/mol. The van der Waals surface area contributed by atoms with Gasteiger partial charge in [-0.1, -0.05) is 24.3 Å². The molecule has 0 saturated carbocycles. The summed E-state index contributed by atoms with van der Waals surface area (Å²) in [7, 11) is 0. The Hall–Kier alpha value is -1.77. The highest BCUT2D eigenvalue weighted by Gasteiger charge is 2.23. The Kier molecular flexibility index (Phi) is 3.77. The van der Waals surface area contributed by atoms with Crippen molar-refractivity contribution in [3.63, 3.8) is 0 Å². The molecule has 3 nitrogen and oxygen atoms in total. The van der Waals surface area contributed by atoms with Gasteiger partial charge in [0, 0.05) is 18.3 Å². The van der Waals surface area contributed by atoms with Crippen molar-refractivity contribution >= 4 is 11.5 Å². The highest BCUT2D eigenvalue weighted by Crippen LogP contribution is 2.28. The quantitative estimate of drug-likeness (QED) is 0.851. The molecule has 1 aromatic carbocycles. The van der Waals surface area contributed by atoms with E-state index in [2.05, 4.69) is 59.4 Å². The lowest BCUT2D eigenvalue weighted by atomic mass is 10.1. The Bertz CT molecular complexity index is 545. The minimum atomic E-state index is 0.501. The van der Waals surface area contributed by atoms with E-state index >= 15 is 0 Å². The number of amidine groups is 1. The molecule has 1 aliphatic carbocycles. The molecule has 1 aliphatic heterocycles. The first-order valence-electron chi connectivity index (χ1n) is 7.52. The van der Waals surface area contributed by atoms with Gasteiger partial charge < -0.3 is 10.2 Å². The summed E-state index contributed by atoms with van der Waals surface area (Å²) in [4.78, 5) is 7.07. The molecule has 0 fully saturated rings.